The highest BCUT2D eigenvalue weighted by Gasteiger charge is 2.22. The average molecular weight is 462 g/mol. The number of hydrogen-bond donors (Lipinski definition) is 1. The van der Waals surface area contributed by atoms with Crippen LogP contribution in [0.2, 0.25) is 10.0 Å². The van der Waals surface area contributed by atoms with Gasteiger partial charge in [-0.1, -0.05) is 40.5 Å². The van der Waals surface area contributed by atoms with Crippen molar-refractivity contribution in [2.45, 2.75) is 20.4 Å². The predicted octanol–water partition coefficient (Wildman–Crippen LogP) is 4.24. The molecule has 2 N–H and O–H groups in total. The third-order valence-electron chi connectivity index (χ3n) is 4.45. The number of benzene rings is 2. The maximum Gasteiger partial charge on any atom is 0.365 e. The molecular formula is C20H17Cl2N5O4. The number of oxime groups is 1. The third kappa shape index (κ3) is 5.01. The van der Waals surface area contributed by atoms with Crippen molar-refractivity contribution in [1.82, 2.24) is 9.78 Å². The summed E-state index contributed by atoms with van der Waals surface area (Å²) >= 11 is 11.9. The molecule has 1 aromatic heterocycles. The molecule has 0 fully saturated rings. The normalized spacial score (nSPS) is 11.4. The van der Waals surface area contributed by atoms with Gasteiger partial charge in [0.25, 0.3) is 0 Å². The quantitative estimate of drug-likeness (QED) is 0.192. The Morgan fingerprint density at radius 2 is 2.00 bits per heavy atom. The van der Waals surface area contributed by atoms with E-state index >= 15 is 0 Å². The first-order chi connectivity index (χ1) is 14.7. The van der Waals surface area contributed by atoms with Crippen molar-refractivity contribution in [2.75, 3.05) is 0 Å². The van der Waals surface area contributed by atoms with Crippen molar-refractivity contribution in [3.05, 3.63) is 90.7 Å². The van der Waals surface area contributed by atoms with Crippen LogP contribution in [0.1, 0.15) is 32.9 Å². The minimum Gasteiger partial charge on any atom is -0.380 e. The predicted molar refractivity (Wildman–Crippen MR) is 117 cm³/mol. The second kappa shape index (κ2) is 9.15. The van der Waals surface area contributed by atoms with Crippen molar-refractivity contribution < 1.29 is 14.6 Å². The fraction of sp³-hybridized carbons (Fsp3) is 0.150. The Morgan fingerprint density at radius 1 is 1.26 bits per heavy atom. The van der Waals surface area contributed by atoms with Crippen LogP contribution in [0.15, 0.2) is 47.6 Å². The van der Waals surface area contributed by atoms with Gasteiger partial charge in [-0.25, -0.2) is 4.79 Å². The first kappa shape index (κ1) is 22.3. The van der Waals surface area contributed by atoms with Gasteiger partial charge in [0.15, 0.2) is 5.84 Å². The number of hydrogen-bond acceptors (Lipinski definition) is 6. The van der Waals surface area contributed by atoms with Gasteiger partial charge in [0.1, 0.15) is 11.4 Å². The molecule has 0 atom stereocenters. The Morgan fingerprint density at radius 3 is 2.65 bits per heavy atom. The summed E-state index contributed by atoms with van der Waals surface area (Å²) in [5, 5.41) is 19.7. The Bertz CT molecular complexity index is 1210. The number of carbonyl (C=O) groups excluding carboxylic acids is 1. The molecule has 0 unspecified atom stereocenters. The second-order valence-electron chi connectivity index (χ2n) is 6.61. The number of nitrogens with zero attached hydrogens (tertiary/aromatic N) is 4. The molecule has 2 aromatic carbocycles. The molecule has 0 saturated carbocycles. The zero-order chi connectivity index (χ0) is 22.7. The van der Waals surface area contributed by atoms with E-state index in [9.17, 15) is 14.9 Å². The van der Waals surface area contributed by atoms with E-state index in [0.29, 0.717) is 27.5 Å². The SMILES string of the molecule is Cc1nn(Cc2cccc(C(=O)O/N=C(\N)c3ccc(Cl)cc3Cl)c2)c(C)c1[N+](=O)[O-]. The van der Waals surface area contributed by atoms with Crippen LogP contribution in [0.25, 0.3) is 0 Å². The lowest BCUT2D eigenvalue weighted by atomic mass is 10.1. The fourth-order valence-corrected chi connectivity index (χ4v) is 3.47. The van der Waals surface area contributed by atoms with E-state index in [2.05, 4.69) is 10.3 Å². The summed E-state index contributed by atoms with van der Waals surface area (Å²) in [6.07, 6.45) is 0. The molecule has 0 aliphatic rings. The number of halogens is 2. The topological polar surface area (TPSA) is 126 Å². The van der Waals surface area contributed by atoms with E-state index in [1.807, 2.05) is 0 Å². The van der Waals surface area contributed by atoms with Crippen LogP contribution in [-0.4, -0.2) is 26.5 Å². The van der Waals surface area contributed by atoms with Crippen LogP contribution < -0.4 is 5.73 Å². The van der Waals surface area contributed by atoms with E-state index in [-0.39, 0.29) is 28.7 Å². The number of aryl methyl sites for hydroxylation is 1. The summed E-state index contributed by atoms with van der Waals surface area (Å²) in [6, 6.07) is 11.2. The summed E-state index contributed by atoms with van der Waals surface area (Å²) in [6.45, 7) is 3.44. The fourth-order valence-electron chi connectivity index (χ4n) is 2.96. The minimum absolute atomic E-state index is 0.0266. The van der Waals surface area contributed by atoms with Gasteiger partial charge in [-0.2, -0.15) is 5.10 Å². The Labute approximate surface area is 187 Å². The maximum absolute atomic E-state index is 12.4. The molecule has 0 radical (unpaired) electrons. The average Bonchev–Trinajstić information content (AvgIpc) is 2.99. The molecule has 0 aliphatic carbocycles. The van der Waals surface area contributed by atoms with Gasteiger partial charge in [-0.05, 0) is 49.7 Å². The van der Waals surface area contributed by atoms with E-state index in [0.717, 1.165) is 0 Å². The molecule has 9 nitrogen and oxygen atoms in total. The van der Waals surface area contributed by atoms with Crippen LogP contribution in [0.5, 0.6) is 0 Å². The lowest BCUT2D eigenvalue weighted by Gasteiger charge is -2.06. The number of aromatic nitrogens is 2. The Kier molecular flexibility index (Phi) is 6.57. The van der Waals surface area contributed by atoms with Gasteiger partial charge >= 0.3 is 11.7 Å². The highest BCUT2D eigenvalue weighted by atomic mass is 35.5. The molecule has 0 amide bonds. The monoisotopic (exact) mass is 461 g/mol. The molecule has 3 aromatic rings. The first-order valence-electron chi connectivity index (χ1n) is 8.95. The summed E-state index contributed by atoms with van der Waals surface area (Å²) in [5.41, 5.74) is 7.86. The van der Waals surface area contributed by atoms with Gasteiger partial charge in [0, 0.05) is 10.6 Å². The molecular weight excluding hydrogens is 445 g/mol. The van der Waals surface area contributed by atoms with Crippen molar-refractivity contribution in [3.8, 4) is 0 Å². The number of nitro groups is 1. The van der Waals surface area contributed by atoms with E-state index < -0.39 is 10.9 Å². The van der Waals surface area contributed by atoms with Crippen LogP contribution >= 0.6 is 23.2 Å². The zero-order valence-electron chi connectivity index (χ0n) is 16.5. The molecule has 0 spiro atoms. The van der Waals surface area contributed by atoms with Crippen LogP contribution in [0.3, 0.4) is 0 Å². The summed E-state index contributed by atoms with van der Waals surface area (Å²) in [5.74, 6) is -0.810. The summed E-state index contributed by atoms with van der Waals surface area (Å²) in [7, 11) is 0. The van der Waals surface area contributed by atoms with Crippen LogP contribution in [0, 0.1) is 24.0 Å². The number of nitrogens with two attached hydrogens (primary N) is 1. The van der Waals surface area contributed by atoms with Gasteiger partial charge in [-0.3, -0.25) is 14.8 Å². The van der Waals surface area contributed by atoms with Crippen molar-refractivity contribution in [2.24, 2.45) is 10.9 Å². The number of carbonyl (C=O) groups is 1. The standard InChI is InChI=1S/C20H17Cl2N5O4/c1-11-18(27(29)30)12(2)26(24-11)10-13-4-3-5-14(8-13)20(28)31-25-19(23)16-7-6-15(21)9-17(16)22/h3-9H,10H2,1-2H3,(H2,23,25). The second-order valence-corrected chi connectivity index (χ2v) is 7.46. The van der Waals surface area contributed by atoms with Gasteiger partial charge < -0.3 is 10.6 Å². The van der Waals surface area contributed by atoms with Crippen molar-refractivity contribution in [1.29, 1.82) is 0 Å². The lowest BCUT2D eigenvalue weighted by Crippen LogP contribution is -2.16. The summed E-state index contributed by atoms with van der Waals surface area (Å²) < 4.78 is 1.51. The third-order valence-corrected chi connectivity index (χ3v) is 5.00. The van der Waals surface area contributed by atoms with Gasteiger partial charge in [0.05, 0.1) is 22.1 Å². The molecule has 0 aliphatic heterocycles. The maximum atomic E-state index is 12.4. The first-order valence-corrected chi connectivity index (χ1v) is 9.70. The minimum atomic E-state index is -0.728. The highest BCUT2D eigenvalue weighted by Crippen LogP contribution is 2.23. The summed E-state index contributed by atoms with van der Waals surface area (Å²) in [4.78, 5) is 28.0. The molecule has 0 bridgehead atoms. The van der Waals surface area contributed by atoms with Gasteiger partial charge in [0.2, 0.25) is 0 Å². The lowest BCUT2D eigenvalue weighted by molar-refractivity contribution is -0.386. The van der Waals surface area contributed by atoms with E-state index in [4.69, 9.17) is 33.8 Å². The Balaban J connectivity index is 1.76. The number of amidine groups is 1. The number of rotatable bonds is 6. The highest BCUT2D eigenvalue weighted by molar-refractivity contribution is 6.36. The van der Waals surface area contributed by atoms with E-state index in [1.165, 1.54) is 10.7 Å². The Hall–Kier alpha value is -3.43. The zero-order valence-corrected chi connectivity index (χ0v) is 18.0. The van der Waals surface area contributed by atoms with Gasteiger partial charge in [-0.15, -0.1) is 0 Å². The van der Waals surface area contributed by atoms with Crippen LogP contribution in [-0.2, 0) is 11.4 Å². The largest absolute Gasteiger partial charge is 0.380 e. The molecule has 31 heavy (non-hydrogen) atoms. The van der Waals surface area contributed by atoms with Crippen molar-refractivity contribution >= 4 is 40.7 Å². The molecule has 11 heteroatoms. The molecule has 1 heterocycles. The molecule has 160 valence electrons. The molecule has 0 saturated heterocycles. The molecule has 3 rings (SSSR count). The van der Waals surface area contributed by atoms with E-state index in [1.54, 1.807) is 50.2 Å². The van der Waals surface area contributed by atoms with Crippen LogP contribution in [0.4, 0.5) is 5.69 Å². The smallest absolute Gasteiger partial charge is 0.365 e. The van der Waals surface area contributed by atoms with Crippen molar-refractivity contribution in [3.63, 3.8) is 0 Å².